The summed E-state index contributed by atoms with van der Waals surface area (Å²) in [6, 6.07) is 12.7. The van der Waals surface area contributed by atoms with Gasteiger partial charge >= 0.3 is 0 Å². The third kappa shape index (κ3) is 5.78. The summed E-state index contributed by atoms with van der Waals surface area (Å²) in [5.74, 6) is 1.10. The van der Waals surface area contributed by atoms with Gasteiger partial charge in [-0.25, -0.2) is 0 Å². The van der Waals surface area contributed by atoms with Gasteiger partial charge in [0.05, 0.1) is 6.61 Å². The number of amides is 1. The minimum Gasteiger partial charge on any atom is -0.493 e. The molecule has 0 fully saturated rings. The van der Waals surface area contributed by atoms with E-state index in [2.05, 4.69) is 12.2 Å². The highest BCUT2D eigenvalue weighted by Gasteiger charge is 2.06. The Morgan fingerprint density at radius 1 is 1.12 bits per heavy atom. The number of halogens is 1. The van der Waals surface area contributed by atoms with Gasteiger partial charge in [0.15, 0.2) is 6.61 Å². The number of carbonyl (C=O) groups excluding carboxylic acids is 1. The molecule has 0 unspecified atom stereocenters. The van der Waals surface area contributed by atoms with Crippen LogP contribution in [0, 0.1) is 6.92 Å². The van der Waals surface area contributed by atoms with Gasteiger partial charge in [0.25, 0.3) is 5.91 Å². The van der Waals surface area contributed by atoms with Crippen LogP contribution >= 0.6 is 11.6 Å². The van der Waals surface area contributed by atoms with Crippen LogP contribution in [0.25, 0.3) is 0 Å². The van der Waals surface area contributed by atoms with Gasteiger partial charge in [0.1, 0.15) is 11.5 Å². The summed E-state index contributed by atoms with van der Waals surface area (Å²) in [5.41, 5.74) is 1.61. The van der Waals surface area contributed by atoms with Crippen molar-refractivity contribution in [2.75, 3.05) is 18.5 Å². The zero-order chi connectivity index (χ0) is 17.4. The monoisotopic (exact) mass is 347 g/mol. The van der Waals surface area contributed by atoms with Crippen LogP contribution in [0.5, 0.6) is 11.5 Å². The van der Waals surface area contributed by atoms with E-state index in [-0.39, 0.29) is 12.5 Å². The predicted molar refractivity (Wildman–Crippen MR) is 97.2 cm³/mol. The van der Waals surface area contributed by atoms with Crippen molar-refractivity contribution in [1.82, 2.24) is 0 Å². The molecule has 2 aromatic carbocycles. The van der Waals surface area contributed by atoms with Gasteiger partial charge in [-0.3, -0.25) is 4.79 Å². The van der Waals surface area contributed by atoms with Crippen LogP contribution in [-0.2, 0) is 4.79 Å². The number of carbonyl (C=O) groups is 1. The Morgan fingerprint density at radius 3 is 2.58 bits per heavy atom. The molecule has 2 rings (SSSR count). The van der Waals surface area contributed by atoms with Gasteiger partial charge in [-0.1, -0.05) is 37.1 Å². The van der Waals surface area contributed by atoms with Gasteiger partial charge in [0.2, 0.25) is 0 Å². The Bertz CT molecular complexity index is 688. The first-order valence-corrected chi connectivity index (χ1v) is 8.38. The number of ether oxygens (including phenoxy) is 2. The van der Waals surface area contributed by atoms with Crippen molar-refractivity contribution in [3.63, 3.8) is 0 Å². The maximum absolute atomic E-state index is 12.0. The molecule has 0 bridgehead atoms. The minimum absolute atomic E-state index is 0.0795. The van der Waals surface area contributed by atoms with E-state index in [9.17, 15) is 4.79 Å². The molecule has 1 amide bonds. The Labute approximate surface area is 147 Å². The SMILES string of the molecule is CCCCOc1cccc(OCC(=O)Nc2ccc(C)c(Cl)c2)c1. The molecule has 0 aliphatic rings. The molecule has 0 saturated carbocycles. The average molecular weight is 348 g/mol. The lowest BCUT2D eigenvalue weighted by Crippen LogP contribution is -2.20. The summed E-state index contributed by atoms with van der Waals surface area (Å²) in [7, 11) is 0. The fourth-order valence-electron chi connectivity index (χ4n) is 2.00. The van der Waals surface area contributed by atoms with Crippen molar-refractivity contribution in [2.24, 2.45) is 0 Å². The van der Waals surface area contributed by atoms with Gasteiger partial charge < -0.3 is 14.8 Å². The van der Waals surface area contributed by atoms with E-state index in [4.69, 9.17) is 21.1 Å². The van der Waals surface area contributed by atoms with Crippen LogP contribution in [0.15, 0.2) is 42.5 Å². The summed E-state index contributed by atoms with van der Waals surface area (Å²) >= 11 is 6.04. The number of benzene rings is 2. The number of hydrogen-bond donors (Lipinski definition) is 1. The van der Waals surface area contributed by atoms with Crippen molar-refractivity contribution in [2.45, 2.75) is 26.7 Å². The van der Waals surface area contributed by atoms with Crippen molar-refractivity contribution in [3.8, 4) is 11.5 Å². The lowest BCUT2D eigenvalue weighted by Gasteiger charge is -2.10. The molecule has 0 radical (unpaired) electrons. The molecule has 4 nitrogen and oxygen atoms in total. The molecular weight excluding hydrogens is 326 g/mol. The van der Waals surface area contributed by atoms with Gasteiger partial charge in [-0.2, -0.15) is 0 Å². The summed E-state index contributed by atoms with van der Waals surface area (Å²) in [6.45, 7) is 4.62. The summed E-state index contributed by atoms with van der Waals surface area (Å²) in [5, 5.41) is 3.37. The molecule has 0 aliphatic carbocycles. The normalized spacial score (nSPS) is 10.3. The van der Waals surface area contributed by atoms with Crippen LogP contribution in [0.3, 0.4) is 0 Å². The Balaban J connectivity index is 1.84. The smallest absolute Gasteiger partial charge is 0.262 e. The van der Waals surface area contributed by atoms with Crippen LogP contribution in [0.1, 0.15) is 25.3 Å². The highest BCUT2D eigenvalue weighted by molar-refractivity contribution is 6.31. The van der Waals surface area contributed by atoms with E-state index in [0.717, 1.165) is 24.2 Å². The average Bonchev–Trinajstić information content (AvgIpc) is 2.57. The Hall–Kier alpha value is -2.20. The van der Waals surface area contributed by atoms with Crippen molar-refractivity contribution in [3.05, 3.63) is 53.1 Å². The molecule has 0 aliphatic heterocycles. The molecule has 2 aromatic rings. The van der Waals surface area contributed by atoms with E-state index >= 15 is 0 Å². The Morgan fingerprint density at radius 2 is 1.88 bits per heavy atom. The van der Waals surface area contributed by atoms with E-state index < -0.39 is 0 Å². The molecule has 1 N–H and O–H groups in total. The summed E-state index contributed by atoms with van der Waals surface area (Å²) in [4.78, 5) is 12.0. The maximum atomic E-state index is 12.0. The van der Waals surface area contributed by atoms with Crippen LogP contribution < -0.4 is 14.8 Å². The van der Waals surface area contributed by atoms with E-state index in [1.165, 1.54) is 0 Å². The van der Waals surface area contributed by atoms with E-state index in [1.807, 2.05) is 25.1 Å². The first kappa shape index (κ1) is 18.1. The summed E-state index contributed by atoms with van der Waals surface area (Å²) in [6.07, 6.45) is 2.09. The van der Waals surface area contributed by atoms with Crippen LogP contribution in [-0.4, -0.2) is 19.1 Å². The molecule has 0 saturated heterocycles. The largest absolute Gasteiger partial charge is 0.493 e. The number of rotatable bonds is 8. The molecule has 0 heterocycles. The zero-order valence-electron chi connectivity index (χ0n) is 14.0. The lowest BCUT2D eigenvalue weighted by atomic mass is 10.2. The second kappa shape index (κ2) is 9.18. The first-order chi connectivity index (χ1) is 11.6. The second-order valence-corrected chi connectivity index (χ2v) is 5.88. The highest BCUT2D eigenvalue weighted by Crippen LogP contribution is 2.21. The van der Waals surface area contributed by atoms with Crippen molar-refractivity contribution >= 4 is 23.2 Å². The molecular formula is C19H22ClNO3. The minimum atomic E-state index is -0.243. The van der Waals surface area contributed by atoms with Crippen molar-refractivity contribution < 1.29 is 14.3 Å². The fourth-order valence-corrected chi connectivity index (χ4v) is 2.19. The van der Waals surface area contributed by atoms with E-state index in [1.54, 1.807) is 24.3 Å². The number of anilines is 1. The zero-order valence-corrected chi connectivity index (χ0v) is 14.7. The third-order valence-electron chi connectivity index (χ3n) is 3.40. The Kier molecular flexibility index (Phi) is 6.94. The number of unbranched alkanes of at least 4 members (excludes halogenated alkanes) is 1. The first-order valence-electron chi connectivity index (χ1n) is 8.00. The molecule has 24 heavy (non-hydrogen) atoms. The topological polar surface area (TPSA) is 47.6 Å². The fraction of sp³-hybridized carbons (Fsp3) is 0.316. The third-order valence-corrected chi connectivity index (χ3v) is 3.80. The van der Waals surface area contributed by atoms with Gasteiger partial charge in [0, 0.05) is 16.8 Å². The number of aryl methyl sites for hydroxylation is 1. The van der Waals surface area contributed by atoms with Crippen LogP contribution in [0.4, 0.5) is 5.69 Å². The van der Waals surface area contributed by atoms with Crippen molar-refractivity contribution in [1.29, 1.82) is 0 Å². The van der Waals surface area contributed by atoms with Gasteiger partial charge in [-0.05, 0) is 43.2 Å². The number of hydrogen-bond acceptors (Lipinski definition) is 3. The van der Waals surface area contributed by atoms with Crippen LogP contribution in [0.2, 0.25) is 5.02 Å². The quantitative estimate of drug-likeness (QED) is 0.695. The standard InChI is InChI=1S/C19H22ClNO3/c1-3-4-10-23-16-6-5-7-17(12-16)24-13-19(22)21-15-9-8-14(2)18(20)11-15/h5-9,11-12H,3-4,10,13H2,1-2H3,(H,21,22). The molecule has 5 heteroatoms. The predicted octanol–water partition coefficient (Wildman–Crippen LogP) is 4.84. The van der Waals surface area contributed by atoms with E-state index in [0.29, 0.717) is 23.1 Å². The maximum Gasteiger partial charge on any atom is 0.262 e. The second-order valence-electron chi connectivity index (χ2n) is 5.48. The molecule has 0 spiro atoms. The molecule has 0 atom stereocenters. The highest BCUT2D eigenvalue weighted by atomic mass is 35.5. The molecule has 128 valence electrons. The molecule has 0 aromatic heterocycles. The number of nitrogens with one attached hydrogen (secondary N) is 1. The lowest BCUT2D eigenvalue weighted by molar-refractivity contribution is -0.118. The van der Waals surface area contributed by atoms with Gasteiger partial charge in [-0.15, -0.1) is 0 Å². The summed E-state index contributed by atoms with van der Waals surface area (Å²) < 4.78 is 11.1.